The number of likely N-dealkylation sites (tertiary alicyclic amines) is 1. The number of anilines is 2. The number of fused-ring (bicyclic) bond motifs is 1. The second-order valence-electron chi connectivity index (χ2n) is 5.63. The highest BCUT2D eigenvalue weighted by Crippen LogP contribution is 2.29. The lowest BCUT2D eigenvalue weighted by Gasteiger charge is -2.29. The van der Waals surface area contributed by atoms with Crippen LogP contribution in [-0.2, 0) is 0 Å². The molecule has 2 aromatic rings. The van der Waals surface area contributed by atoms with E-state index in [9.17, 15) is 0 Å². The summed E-state index contributed by atoms with van der Waals surface area (Å²) < 4.78 is 0. The number of piperidine rings is 1. The quantitative estimate of drug-likeness (QED) is 0.908. The normalized spacial score (nSPS) is 17.7. The molecule has 1 saturated heterocycles. The van der Waals surface area contributed by atoms with E-state index in [1.807, 2.05) is 0 Å². The Kier molecular flexibility index (Phi) is 3.76. The molecule has 0 unspecified atom stereocenters. The van der Waals surface area contributed by atoms with Crippen molar-refractivity contribution < 1.29 is 0 Å². The molecule has 1 aliphatic heterocycles. The van der Waals surface area contributed by atoms with Gasteiger partial charge in [0.05, 0.1) is 5.39 Å². The van der Waals surface area contributed by atoms with Gasteiger partial charge in [0.1, 0.15) is 10.6 Å². The smallest absolute Gasteiger partial charge is 0.223 e. The van der Waals surface area contributed by atoms with Crippen LogP contribution in [0.25, 0.3) is 10.2 Å². The zero-order valence-corrected chi connectivity index (χ0v) is 12.8. The van der Waals surface area contributed by atoms with Crippen LogP contribution in [-0.4, -0.2) is 41.5 Å². The number of thiophene rings is 1. The van der Waals surface area contributed by atoms with Crippen molar-refractivity contribution in [3.63, 3.8) is 0 Å². The predicted octanol–water partition coefficient (Wildman–Crippen LogP) is 2.34. The minimum Gasteiger partial charge on any atom is -0.369 e. The van der Waals surface area contributed by atoms with Crippen molar-refractivity contribution in [1.82, 2.24) is 14.9 Å². The first kappa shape index (κ1) is 13.6. The van der Waals surface area contributed by atoms with Crippen molar-refractivity contribution in [3.05, 3.63) is 10.9 Å². The standard InChI is InChI=1S/C14H21N5S/c1-9-7-11-12(17-14(15)18-13(11)20-9)16-8-10-3-5-19(2)6-4-10/h7,10H,3-6,8H2,1-2H3,(H3,15,16,17,18). The van der Waals surface area contributed by atoms with Gasteiger partial charge in [-0.25, -0.2) is 4.98 Å². The summed E-state index contributed by atoms with van der Waals surface area (Å²) in [7, 11) is 2.19. The molecule has 0 saturated carbocycles. The Hall–Kier alpha value is -1.40. The third kappa shape index (κ3) is 2.86. The lowest BCUT2D eigenvalue weighted by Crippen LogP contribution is -2.33. The second kappa shape index (κ2) is 5.54. The summed E-state index contributed by atoms with van der Waals surface area (Å²) >= 11 is 1.66. The van der Waals surface area contributed by atoms with E-state index in [0.717, 1.165) is 28.5 Å². The third-order valence-corrected chi connectivity index (χ3v) is 4.87. The largest absolute Gasteiger partial charge is 0.369 e. The first-order chi connectivity index (χ1) is 9.61. The van der Waals surface area contributed by atoms with Crippen LogP contribution in [0.4, 0.5) is 11.8 Å². The van der Waals surface area contributed by atoms with Gasteiger partial charge in [0, 0.05) is 11.4 Å². The van der Waals surface area contributed by atoms with E-state index in [1.165, 1.54) is 30.8 Å². The maximum Gasteiger partial charge on any atom is 0.223 e. The van der Waals surface area contributed by atoms with E-state index in [-0.39, 0.29) is 0 Å². The Morgan fingerprint density at radius 1 is 1.40 bits per heavy atom. The van der Waals surface area contributed by atoms with Gasteiger partial charge in [0.2, 0.25) is 5.95 Å². The highest BCUT2D eigenvalue weighted by molar-refractivity contribution is 7.18. The van der Waals surface area contributed by atoms with Gasteiger partial charge in [-0.2, -0.15) is 4.98 Å². The van der Waals surface area contributed by atoms with Crippen molar-refractivity contribution in [2.75, 3.05) is 37.7 Å². The molecule has 2 aromatic heterocycles. The van der Waals surface area contributed by atoms with E-state index in [1.54, 1.807) is 11.3 Å². The van der Waals surface area contributed by atoms with Crippen LogP contribution in [0.15, 0.2) is 6.07 Å². The molecule has 0 aliphatic carbocycles. The lowest BCUT2D eigenvalue weighted by molar-refractivity contribution is 0.226. The van der Waals surface area contributed by atoms with Crippen molar-refractivity contribution >= 4 is 33.3 Å². The molecule has 20 heavy (non-hydrogen) atoms. The summed E-state index contributed by atoms with van der Waals surface area (Å²) in [6, 6.07) is 2.14. The van der Waals surface area contributed by atoms with E-state index in [4.69, 9.17) is 5.73 Å². The third-order valence-electron chi connectivity index (χ3n) is 3.93. The van der Waals surface area contributed by atoms with Crippen LogP contribution >= 0.6 is 11.3 Å². The summed E-state index contributed by atoms with van der Waals surface area (Å²) in [5.41, 5.74) is 5.80. The molecule has 0 bridgehead atoms. The number of hydrogen-bond acceptors (Lipinski definition) is 6. The van der Waals surface area contributed by atoms with Gasteiger partial charge in [-0.1, -0.05) is 0 Å². The van der Waals surface area contributed by atoms with Crippen LogP contribution in [0.1, 0.15) is 17.7 Å². The number of nitrogens with one attached hydrogen (secondary N) is 1. The molecule has 5 nitrogen and oxygen atoms in total. The average molecular weight is 291 g/mol. The molecule has 1 fully saturated rings. The Bertz CT molecular complexity index is 601. The van der Waals surface area contributed by atoms with E-state index < -0.39 is 0 Å². The summed E-state index contributed by atoms with van der Waals surface area (Å²) in [5.74, 6) is 1.96. The average Bonchev–Trinajstić information content (AvgIpc) is 2.78. The maximum atomic E-state index is 5.80. The van der Waals surface area contributed by atoms with Gasteiger partial charge in [-0.05, 0) is 51.9 Å². The molecule has 0 spiro atoms. The van der Waals surface area contributed by atoms with Crippen molar-refractivity contribution in [2.45, 2.75) is 19.8 Å². The molecule has 3 N–H and O–H groups in total. The monoisotopic (exact) mass is 291 g/mol. The number of rotatable bonds is 3. The van der Waals surface area contributed by atoms with Gasteiger partial charge in [0.15, 0.2) is 0 Å². The van der Waals surface area contributed by atoms with Crippen LogP contribution in [0.2, 0.25) is 0 Å². The highest BCUT2D eigenvalue weighted by atomic mass is 32.1. The van der Waals surface area contributed by atoms with Gasteiger partial charge in [-0.3, -0.25) is 0 Å². The molecule has 0 atom stereocenters. The molecule has 1 aliphatic rings. The molecule has 6 heteroatoms. The Labute approximate surface area is 123 Å². The molecule has 0 aromatic carbocycles. The van der Waals surface area contributed by atoms with Crippen LogP contribution in [0, 0.1) is 12.8 Å². The number of nitrogens with zero attached hydrogens (tertiary/aromatic N) is 3. The van der Waals surface area contributed by atoms with E-state index in [0.29, 0.717) is 5.95 Å². The number of hydrogen-bond donors (Lipinski definition) is 2. The second-order valence-corrected chi connectivity index (χ2v) is 6.87. The lowest BCUT2D eigenvalue weighted by atomic mass is 9.97. The van der Waals surface area contributed by atoms with E-state index >= 15 is 0 Å². The van der Waals surface area contributed by atoms with Crippen molar-refractivity contribution in [1.29, 1.82) is 0 Å². The van der Waals surface area contributed by atoms with Crippen molar-refractivity contribution in [3.8, 4) is 0 Å². The van der Waals surface area contributed by atoms with Crippen LogP contribution in [0.3, 0.4) is 0 Å². The molecular formula is C14H21N5S. The highest BCUT2D eigenvalue weighted by Gasteiger charge is 2.17. The topological polar surface area (TPSA) is 67.1 Å². The van der Waals surface area contributed by atoms with Crippen LogP contribution in [0.5, 0.6) is 0 Å². The SMILES string of the molecule is Cc1cc2c(NCC3CCN(C)CC3)nc(N)nc2s1. The number of aryl methyl sites for hydroxylation is 1. The first-order valence-corrected chi connectivity index (χ1v) is 7.89. The van der Waals surface area contributed by atoms with Gasteiger partial charge >= 0.3 is 0 Å². The minimum atomic E-state index is 0.352. The summed E-state index contributed by atoms with van der Waals surface area (Å²) in [6.45, 7) is 5.42. The zero-order chi connectivity index (χ0) is 14.1. The Morgan fingerprint density at radius 2 is 2.15 bits per heavy atom. The Balaban J connectivity index is 1.73. The molecule has 0 amide bonds. The summed E-state index contributed by atoms with van der Waals surface area (Å²) in [6.07, 6.45) is 2.49. The summed E-state index contributed by atoms with van der Waals surface area (Å²) in [4.78, 5) is 13.3. The van der Waals surface area contributed by atoms with Gasteiger partial charge < -0.3 is 16.0 Å². The zero-order valence-electron chi connectivity index (χ0n) is 12.0. The number of nitrogen functional groups attached to an aromatic ring is 1. The predicted molar refractivity (Wildman–Crippen MR) is 85.3 cm³/mol. The van der Waals surface area contributed by atoms with E-state index in [2.05, 4.69) is 40.2 Å². The summed E-state index contributed by atoms with van der Waals surface area (Å²) in [5, 5.41) is 4.58. The first-order valence-electron chi connectivity index (χ1n) is 7.08. The maximum absolute atomic E-state index is 5.80. The van der Waals surface area contributed by atoms with Gasteiger partial charge in [0.25, 0.3) is 0 Å². The number of aromatic nitrogens is 2. The minimum absolute atomic E-state index is 0.352. The fourth-order valence-corrected chi connectivity index (χ4v) is 3.59. The fraction of sp³-hybridized carbons (Fsp3) is 0.571. The molecule has 0 radical (unpaired) electrons. The Morgan fingerprint density at radius 3 is 2.90 bits per heavy atom. The molecule has 108 valence electrons. The van der Waals surface area contributed by atoms with Crippen molar-refractivity contribution in [2.24, 2.45) is 5.92 Å². The molecular weight excluding hydrogens is 270 g/mol. The van der Waals surface area contributed by atoms with Crippen LogP contribution < -0.4 is 11.1 Å². The van der Waals surface area contributed by atoms with Gasteiger partial charge in [-0.15, -0.1) is 11.3 Å². The molecule has 3 heterocycles. The molecule has 3 rings (SSSR count). The number of nitrogens with two attached hydrogens (primary N) is 1. The fourth-order valence-electron chi connectivity index (χ4n) is 2.70.